The summed E-state index contributed by atoms with van der Waals surface area (Å²) in [6.07, 6.45) is 2.66. The molecule has 0 spiro atoms. The Morgan fingerprint density at radius 2 is 2.38 bits per heavy atom. The van der Waals surface area contributed by atoms with E-state index in [-0.39, 0.29) is 0 Å². The van der Waals surface area contributed by atoms with Crippen LogP contribution in [0.25, 0.3) is 0 Å². The lowest BCUT2D eigenvalue weighted by Crippen LogP contribution is -2.33. The van der Waals surface area contributed by atoms with Gasteiger partial charge in [0.15, 0.2) is 0 Å². The van der Waals surface area contributed by atoms with E-state index >= 15 is 0 Å². The van der Waals surface area contributed by atoms with E-state index in [9.17, 15) is 0 Å². The first-order valence-electron chi connectivity index (χ1n) is 5.82. The van der Waals surface area contributed by atoms with E-state index in [2.05, 4.69) is 35.3 Å². The fourth-order valence-electron chi connectivity index (χ4n) is 1.91. The van der Waals surface area contributed by atoms with Crippen molar-refractivity contribution in [3.63, 3.8) is 0 Å². The van der Waals surface area contributed by atoms with Crippen molar-refractivity contribution in [3.05, 3.63) is 34.3 Å². The van der Waals surface area contributed by atoms with Crippen molar-refractivity contribution in [2.75, 3.05) is 11.5 Å². The first-order valence-corrected chi connectivity index (χ1v) is 7.35. The Morgan fingerprint density at radius 3 is 3.06 bits per heavy atom. The topological polar surface area (TPSA) is 12.0 Å². The van der Waals surface area contributed by atoms with Gasteiger partial charge >= 0.3 is 0 Å². The van der Waals surface area contributed by atoms with Crippen molar-refractivity contribution in [3.8, 4) is 0 Å². The van der Waals surface area contributed by atoms with Gasteiger partial charge in [0.2, 0.25) is 0 Å². The minimum Gasteiger partial charge on any atom is -0.309 e. The molecule has 0 amide bonds. The monoisotopic (exact) mass is 255 g/mol. The lowest BCUT2D eigenvalue weighted by atomic mass is 10.1. The smallest absolute Gasteiger partial charge is 0.0438 e. The molecule has 0 bridgehead atoms. The van der Waals surface area contributed by atoms with Crippen LogP contribution in [0.4, 0.5) is 0 Å². The van der Waals surface area contributed by atoms with Gasteiger partial charge in [0, 0.05) is 23.4 Å². The normalized spacial score (nSPS) is 21.0. The van der Waals surface area contributed by atoms with Crippen molar-refractivity contribution in [2.45, 2.75) is 32.4 Å². The summed E-state index contributed by atoms with van der Waals surface area (Å²) in [7, 11) is 0. The zero-order valence-electron chi connectivity index (χ0n) is 9.63. The maximum atomic E-state index is 6.10. The van der Waals surface area contributed by atoms with Gasteiger partial charge in [-0.15, -0.1) is 0 Å². The van der Waals surface area contributed by atoms with Gasteiger partial charge in [0.1, 0.15) is 0 Å². The summed E-state index contributed by atoms with van der Waals surface area (Å²) in [6.45, 7) is 2.97. The number of rotatable bonds is 3. The summed E-state index contributed by atoms with van der Waals surface area (Å²) in [5, 5.41) is 4.48. The number of nitrogens with one attached hydrogen (secondary N) is 1. The third-order valence-corrected chi connectivity index (χ3v) is 4.61. The summed E-state index contributed by atoms with van der Waals surface area (Å²) >= 11 is 8.16. The van der Waals surface area contributed by atoms with Crippen LogP contribution in [0.3, 0.4) is 0 Å². The molecule has 0 radical (unpaired) electrons. The van der Waals surface area contributed by atoms with Crippen LogP contribution in [0.5, 0.6) is 0 Å². The van der Waals surface area contributed by atoms with E-state index in [0.717, 1.165) is 17.1 Å². The summed E-state index contributed by atoms with van der Waals surface area (Å²) < 4.78 is 0. The Labute approximate surface area is 107 Å². The van der Waals surface area contributed by atoms with E-state index in [1.54, 1.807) is 0 Å². The van der Waals surface area contributed by atoms with Crippen LogP contribution in [-0.2, 0) is 6.54 Å². The molecule has 0 saturated carbocycles. The van der Waals surface area contributed by atoms with Crippen LogP contribution in [0.2, 0.25) is 5.02 Å². The molecular weight excluding hydrogens is 238 g/mol. The Hall–Kier alpha value is -0.180. The van der Waals surface area contributed by atoms with Gasteiger partial charge in [0.25, 0.3) is 0 Å². The Balaban J connectivity index is 1.86. The summed E-state index contributed by atoms with van der Waals surface area (Å²) in [4.78, 5) is 0. The molecule has 1 aromatic rings. The molecule has 16 heavy (non-hydrogen) atoms. The molecule has 1 aliphatic rings. The summed E-state index contributed by atoms with van der Waals surface area (Å²) in [5.74, 6) is 2.58. The highest BCUT2D eigenvalue weighted by molar-refractivity contribution is 7.99. The second-order valence-corrected chi connectivity index (χ2v) is 5.94. The maximum absolute atomic E-state index is 6.10. The predicted molar refractivity (Wildman–Crippen MR) is 73.4 cm³/mol. The molecule has 88 valence electrons. The van der Waals surface area contributed by atoms with Crippen LogP contribution in [0, 0.1) is 6.92 Å². The maximum Gasteiger partial charge on any atom is 0.0438 e. The highest BCUT2D eigenvalue weighted by Gasteiger charge is 2.12. The second kappa shape index (κ2) is 5.95. The van der Waals surface area contributed by atoms with Gasteiger partial charge in [-0.05, 0) is 42.7 Å². The van der Waals surface area contributed by atoms with Gasteiger partial charge in [-0.3, -0.25) is 0 Å². The van der Waals surface area contributed by atoms with E-state index < -0.39 is 0 Å². The van der Waals surface area contributed by atoms with Crippen molar-refractivity contribution in [2.24, 2.45) is 0 Å². The molecule has 1 heterocycles. The third kappa shape index (κ3) is 3.41. The number of benzene rings is 1. The van der Waals surface area contributed by atoms with Crippen LogP contribution >= 0.6 is 23.4 Å². The van der Waals surface area contributed by atoms with Crippen molar-refractivity contribution in [1.29, 1.82) is 0 Å². The van der Waals surface area contributed by atoms with Crippen molar-refractivity contribution >= 4 is 23.4 Å². The number of aryl methyl sites for hydroxylation is 1. The first-order chi connectivity index (χ1) is 7.75. The van der Waals surface area contributed by atoms with Gasteiger partial charge in [0.05, 0.1) is 0 Å². The average molecular weight is 256 g/mol. The molecular formula is C13H18ClNS. The summed E-state index contributed by atoms with van der Waals surface area (Å²) in [6, 6.07) is 7.00. The van der Waals surface area contributed by atoms with Crippen LogP contribution in [-0.4, -0.2) is 17.5 Å². The molecule has 2 rings (SSSR count). The fraction of sp³-hybridized carbons (Fsp3) is 0.538. The molecule has 1 unspecified atom stereocenters. The minimum atomic E-state index is 0.679. The number of hydrogen-bond donors (Lipinski definition) is 1. The SMILES string of the molecule is Cc1ccc(CNC2CCCSC2)cc1Cl. The third-order valence-electron chi connectivity index (χ3n) is 2.99. The van der Waals surface area contributed by atoms with Gasteiger partial charge in [-0.25, -0.2) is 0 Å². The molecule has 1 fully saturated rings. The molecule has 1 aliphatic heterocycles. The molecule has 1 atom stereocenters. The molecule has 1 nitrogen and oxygen atoms in total. The molecule has 1 N–H and O–H groups in total. The van der Waals surface area contributed by atoms with Crippen molar-refractivity contribution < 1.29 is 0 Å². The lowest BCUT2D eigenvalue weighted by Gasteiger charge is -2.22. The lowest BCUT2D eigenvalue weighted by molar-refractivity contribution is 0.507. The Kier molecular flexibility index (Phi) is 4.56. The highest BCUT2D eigenvalue weighted by Crippen LogP contribution is 2.19. The van der Waals surface area contributed by atoms with E-state index in [0.29, 0.717) is 6.04 Å². The quantitative estimate of drug-likeness (QED) is 0.885. The van der Waals surface area contributed by atoms with E-state index in [4.69, 9.17) is 11.6 Å². The Bertz CT molecular complexity index is 348. The van der Waals surface area contributed by atoms with Gasteiger partial charge in [-0.1, -0.05) is 23.7 Å². The average Bonchev–Trinajstić information content (AvgIpc) is 2.32. The second-order valence-electron chi connectivity index (χ2n) is 4.38. The molecule has 0 aromatic heterocycles. The zero-order valence-corrected chi connectivity index (χ0v) is 11.2. The van der Waals surface area contributed by atoms with Gasteiger partial charge < -0.3 is 5.32 Å². The molecule has 1 aromatic carbocycles. The minimum absolute atomic E-state index is 0.679. The Morgan fingerprint density at radius 1 is 1.50 bits per heavy atom. The standard InChI is InChI=1S/C13H18ClNS/c1-10-4-5-11(7-13(10)14)8-15-12-3-2-6-16-9-12/h4-5,7,12,15H,2-3,6,8-9H2,1H3. The van der Waals surface area contributed by atoms with E-state index in [1.807, 2.05) is 6.92 Å². The zero-order chi connectivity index (χ0) is 11.4. The number of thioether (sulfide) groups is 1. The van der Waals surface area contributed by atoms with E-state index in [1.165, 1.54) is 29.9 Å². The molecule has 0 aliphatic carbocycles. The van der Waals surface area contributed by atoms with Crippen molar-refractivity contribution in [1.82, 2.24) is 5.32 Å². The highest BCUT2D eigenvalue weighted by atomic mass is 35.5. The number of halogens is 1. The predicted octanol–water partition coefficient (Wildman–Crippen LogP) is 3.63. The first kappa shape index (κ1) is 12.3. The molecule has 1 saturated heterocycles. The van der Waals surface area contributed by atoms with Crippen LogP contribution < -0.4 is 5.32 Å². The molecule has 3 heteroatoms. The van der Waals surface area contributed by atoms with Crippen LogP contribution in [0.1, 0.15) is 24.0 Å². The number of hydrogen-bond acceptors (Lipinski definition) is 2. The fourth-order valence-corrected chi connectivity index (χ4v) is 3.22. The largest absolute Gasteiger partial charge is 0.309 e. The summed E-state index contributed by atoms with van der Waals surface area (Å²) in [5.41, 5.74) is 2.44. The van der Waals surface area contributed by atoms with Gasteiger partial charge in [-0.2, -0.15) is 11.8 Å². The van der Waals surface area contributed by atoms with Crippen LogP contribution in [0.15, 0.2) is 18.2 Å².